The van der Waals surface area contributed by atoms with Gasteiger partial charge in [-0.25, -0.2) is 0 Å². The molecule has 0 saturated carbocycles. The Kier molecular flexibility index (Phi) is 7.54. The van der Waals surface area contributed by atoms with Gasteiger partial charge in [-0.15, -0.1) is 15.3 Å². The third kappa shape index (κ3) is 5.80. The van der Waals surface area contributed by atoms with Gasteiger partial charge in [0.15, 0.2) is 11.5 Å². The van der Waals surface area contributed by atoms with Crippen molar-refractivity contribution in [2.24, 2.45) is 0 Å². The van der Waals surface area contributed by atoms with Crippen LogP contribution >= 0.6 is 0 Å². The highest BCUT2D eigenvalue weighted by atomic mass is 16.5. The third-order valence-electron chi connectivity index (χ3n) is 5.42. The molecule has 0 aliphatic rings. The van der Waals surface area contributed by atoms with E-state index in [9.17, 15) is 4.79 Å². The summed E-state index contributed by atoms with van der Waals surface area (Å²) in [5, 5.41) is 19.2. The summed E-state index contributed by atoms with van der Waals surface area (Å²) in [7, 11) is 3.25. The Morgan fingerprint density at radius 3 is 2.62 bits per heavy atom. The predicted molar refractivity (Wildman–Crippen MR) is 129 cm³/mol. The number of rotatable bonds is 11. The number of amides is 1. The molecule has 176 valence electrons. The van der Waals surface area contributed by atoms with Crippen LogP contribution in [-0.4, -0.2) is 46.5 Å². The SMILES string of the molecule is COc1ccc(OC)c(CCNC(=O)CCc2nnc3ccc(NCc4ccccc4)nn23)c1. The molecule has 2 N–H and O–H groups in total. The lowest BCUT2D eigenvalue weighted by Crippen LogP contribution is -2.26. The first-order valence-corrected chi connectivity index (χ1v) is 11.1. The highest BCUT2D eigenvalue weighted by Gasteiger charge is 2.11. The number of carbonyl (C=O) groups is 1. The summed E-state index contributed by atoms with van der Waals surface area (Å²) in [5.41, 5.74) is 2.78. The van der Waals surface area contributed by atoms with E-state index in [1.807, 2.05) is 48.5 Å². The van der Waals surface area contributed by atoms with Crippen LogP contribution < -0.4 is 20.1 Å². The smallest absolute Gasteiger partial charge is 0.220 e. The van der Waals surface area contributed by atoms with E-state index < -0.39 is 0 Å². The lowest BCUT2D eigenvalue weighted by atomic mass is 10.1. The average molecular weight is 461 g/mol. The van der Waals surface area contributed by atoms with E-state index in [0.717, 1.165) is 22.6 Å². The van der Waals surface area contributed by atoms with E-state index >= 15 is 0 Å². The summed E-state index contributed by atoms with van der Waals surface area (Å²) in [4.78, 5) is 12.4. The van der Waals surface area contributed by atoms with Crippen molar-refractivity contribution >= 4 is 17.4 Å². The van der Waals surface area contributed by atoms with Gasteiger partial charge in [0, 0.05) is 25.9 Å². The molecule has 1 amide bonds. The summed E-state index contributed by atoms with van der Waals surface area (Å²) in [6.07, 6.45) is 1.36. The zero-order valence-corrected chi connectivity index (χ0v) is 19.3. The number of aromatic nitrogens is 4. The molecule has 0 bridgehead atoms. The Bertz CT molecular complexity index is 1240. The number of nitrogens with one attached hydrogen (secondary N) is 2. The lowest BCUT2D eigenvalue weighted by molar-refractivity contribution is -0.121. The number of methoxy groups -OCH3 is 2. The minimum atomic E-state index is -0.0584. The Labute approximate surface area is 198 Å². The van der Waals surface area contributed by atoms with Crippen molar-refractivity contribution in [2.75, 3.05) is 26.1 Å². The molecule has 2 heterocycles. The minimum absolute atomic E-state index is 0.0584. The molecular weight excluding hydrogens is 432 g/mol. The van der Waals surface area contributed by atoms with E-state index in [1.54, 1.807) is 18.7 Å². The molecule has 4 rings (SSSR count). The third-order valence-corrected chi connectivity index (χ3v) is 5.42. The Morgan fingerprint density at radius 2 is 1.82 bits per heavy atom. The van der Waals surface area contributed by atoms with Gasteiger partial charge in [-0.2, -0.15) is 4.52 Å². The van der Waals surface area contributed by atoms with Crippen molar-refractivity contribution in [3.05, 3.63) is 77.6 Å². The molecule has 0 spiro atoms. The molecule has 2 aromatic carbocycles. The maximum Gasteiger partial charge on any atom is 0.220 e. The lowest BCUT2D eigenvalue weighted by Gasteiger charge is -2.11. The van der Waals surface area contributed by atoms with Gasteiger partial charge in [-0.1, -0.05) is 30.3 Å². The number of carbonyl (C=O) groups excluding carboxylic acids is 1. The number of hydrogen-bond donors (Lipinski definition) is 2. The second-order valence-corrected chi connectivity index (χ2v) is 7.72. The summed E-state index contributed by atoms with van der Waals surface area (Å²) in [5.74, 6) is 2.83. The van der Waals surface area contributed by atoms with Crippen LogP contribution in [0, 0.1) is 0 Å². The molecule has 9 heteroatoms. The first-order valence-electron chi connectivity index (χ1n) is 11.1. The zero-order chi connectivity index (χ0) is 23.8. The van der Waals surface area contributed by atoms with E-state index in [0.29, 0.717) is 49.6 Å². The maximum absolute atomic E-state index is 12.4. The van der Waals surface area contributed by atoms with Gasteiger partial charge in [0.2, 0.25) is 5.91 Å². The van der Waals surface area contributed by atoms with Crippen LogP contribution in [0.4, 0.5) is 5.82 Å². The van der Waals surface area contributed by atoms with Gasteiger partial charge in [0.25, 0.3) is 0 Å². The molecule has 9 nitrogen and oxygen atoms in total. The van der Waals surface area contributed by atoms with Crippen molar-refractivity contribution in [1.29, 1.82) is 0 Å². The largest absolute Gasteiger partial charge is 0.497 e. The molecule has 0 fully saturated rings. The number of fused-ring (bicyclic) bond motifs is 1. The van der Waals surface area contributed by atoms with Crippen molar-refractivity contribution in [3.8, 4) is 11.5 Å². The molecule has 2 aromatic heterocycles. The number of hydrogen-bond acceptors (Lipinski definition) is 7. The molecule has 0 radical (unpaired) electrons. The maximum atomic E-state index is 12.4. The monoisotopic (exact) mass is 460 g/mol. The molecule has 34 heavy (non-hydrogen) atoms. The molecule has 0 aliphatic heterocycles. The first-order chi connectivity index (χ1) is 16.7. The van der Waals surface area contributed by atoms with Crippen LogP contribution in [0.2, 0.25) is 0 Å². The van der Waals surface area contributed by atoms with Crippen molar-refractivity contribution < 1.29 is 14.3 Å². The highest BCUT2D eigenvalue weighted by Crippen LogP contribution is 2.24. The predicted octanol–water partition coefficient (Wildman–Crippen LogP) is 3.05. The number of anilines is 1. The van der Waals surface area contributed by atoms with E-state index in [1.165, 1.54) is 0 Å². The molecular formula is C25H28N6O3. The quantitative estimate of drug-likeness (QED) is 0.355. The second-order valence-electron chi connectivity index (χ2n) is 7.72. The summed E-state index contributed by atoms with van der Waals surface area (Å²) in [6, 6.07) is 19.5. The fourth-order valence-corrected chi connectivity index (χ4v) is 3.60. The summed E-state index contributed by atoms with van der Waals surface area (Å²) in [6.45, 7) is 1.16. The average Bonchev–Trinajstić information content (AvgIpc) is 3.29. The fraction of sp³-hybridized carbons (Fsp3) is 0.280. The van der Waals surface area contributed by atoms with Crippen LogP contribution in [0.3, 0.4) is 0 Å². The van der Waals surface area contributed by atoms with Gasteiger partial charge in [-0.3, -0.25) is 4.79 Å². The van der Waals surface area contributed by atoms with Gasteiger partial charge in [-0.05, 0) is 47.9 Å². The van der Waals surface area contributed by atoms with Crippen molar-refractivity contribution in [2.45, 2.75) is 25.8 Å². The zero-order valence-electron chi connectivity index (χ0n) is 19.3. The Hall–Kier alpha value is -4.14. The first kappa shape index (κ1) is 23.0. The summed E-state index contributed by atoms with van der Waals surface area (Å²) < 4.78 is 12.4. The van der Waals surface area contributed by atoms with Crippen molar-refractivity contribution in [1.82, 2.24) is 25.1 Å². The highest BCUT2D eigenvalue weighted by molar-refractivity contribution is 5.76. The van der Waals surface area contributed by atoms with Crippen LogP contribution in [-0.2, 0) is 24.2 Å². The Balaban J connectivity index is 1.30. The number of ether oxygens (including phenoxy) is 2. The van der Waals surface area contributed by atoms with E-state index in [2.05, 4.69) is 38.1 Å². The van der Waals surface area contributed by atoms with Gasteiger partial charge < -0.3 is 20.1 Å². The van der Waals surface area contributed by atoms with Crippen LogP contribution in [0.15, 0.2) is 60.7 Å². The fourth-order valence-electron chi connectivity index (χ4n) is 3.60. The van der Waals surface area contributed by atoms with Gasteiger partial charge >= 0.3 is 0 Å². The summed E-state index contributed by atoms with van der Waals surface area (Å²) >= 11 is 0. The number of benzene rings is 2. The van der Waals surface area contributed by atoms with Gasteiger partial charge in [0.1, 0.15) is 17.3 Å². The van der Waals surface area contributed by atoms with Crippen LogP contribution in [0.25, 0.3) is 5.65 Å². The molecule has 4 aromatic rings. The molecule has 0 unspecified atom stereocenters. The topological polar surface area (TPSA) is 103 Å². The minimum Gasteiger partial charge on any atom is -0.497 e. The van der Waals surface area contributed by atoms with Crippen LogP contribution in [0.1, 0.15) is 23.4 Å². The van der Waals surface area contributed by atoms with E-state index in [4.69, 9.17) is 9.47 Å². The molecule has 0 aliphatic carbocycles. The Morgan fingerprint density at radius 1 is 0.971 bits per heavy atom. The second kappa shape index (κ2) is 11.1. The standard InChI is InChI=1S/C25H28N6O3/c1-33-20-8-9-21(34-2)19(16-20)14-15-26-25(32)13-12-24-29-28-23-11-10-22(30-31(23)24)27-17-18-6-4-3-5-7-18/h3-11,16H,12-15,17H2,1-2H3,(H,26,32)(H,27,30). The van der Waals surface area contributed by atoms with Crippen LogP contribution in [0.5, 0.6) is 11.5 Å². The molecule has 0 atom stereocenters. The van der Waals surface area contributed by atoms with Crippen molar-refractivity contribution in [3.63, 3.8) is 0 Å². The molecule has 0 saturated heterocycles. The normalized spacial score (nSPS) is 10.8. The van der Waals surface area contributed by atoms with E-state index in [-0.39, 0.29) is 5.91 Å². The number of aryl methyl sites for hydroxylation is 1. The number of nitrogens with zero attached hydrogens (tertiary/aromatic N) is 4. The van der Waals surface area contributed by atoms with Gasteiger partial charge in [0.05, 0.1) is 14.2 Å².